The molecule has 3 nitrogen and oxygen atoms in total. The number of esters is 1. The van der Waals surface area contributed by atoms with E-state index in [0.29, 0.717) is 6.61 Å². The number of hydrogen-bond donors (Lipinski definition) is 0. The number of carbonyl (C=O) groups excluding carboxylic acids is 1. The number of nitrogens with zero attached hydrogens (tertiary/aromatic N) is 1. The van der Waals surface area contributed by atoms with Crippen LogP contribution in [0.4, 0.5) is 5.69 Å². The Morgan fingerprint density at radius 1 is 1.44 bits per heavy atom. The summed E-state index contributed by atoms with van der Waals surface area (Å²) in [6.45, 7) is 4.04. The Bertz CT molecular complexity index is 350. The van der Waals surface area contributed by atoms with Crippen molar-refractivity contribution in [2.45, 2.75) is 13.3 Å². The van der Waals surface area contributed by atoms with E-state index in [1.54, 1.807) is 0 Å². The Balaban J connectivity index is 1.96. The number of carbonyl (C=O) groups is 1. The number of anilines is 1. The second kappa shape index (κ2) is 5.01. The molecule has 1 aliphatic rings. The van der Waals surface area contributed by atoms with Crippen molar-refractivity contribution in [3.63, 3.8) is 0 Å². The maximum Gasteiger partial charge on any atom is 0.310 e. The molecule has 0 aromatic heterocycles. The van der Waals surface area contributed by atoms with Crippen molar-refractivity contribution >= 4 is 11.7 Å². The maximum absolute atomic E-state index is 11.6. The summed E-state index contributed by atoms with van der Waals surface area (Å²) >= 11 is 0. The van der Waals surface area contributed by atoms with Crippen LogP contribution in [0.2, 0.25) is 0 Å². The lowest BCUT2D eigenvalue weighted by Gasteiger charge is -2.17. The smallest absolute Gasteiger partial charge is 0.310 e. The van der Waals surface area contributed by atoms with Crippen molar-refractivity contribution in [1.29, 1.82) is 0 Å². The van der Waals surface area contributed by atoms with Gasteiger partial charge in [0, 0.05) is 18.8 Å². The average Bonchev–Trinajstić information content (AvgIpc) is 2.80. The van der Waals surface area contributed by atoms with Crippen LogP contribution < -0.4 is 4.90 Å². The van der Waals surface area contributed by atoms with Gasteiger partial charge >= 0.3 is 5.97 Å². The summed E-state index contributed by atoms with van der Waals surface area (Å²) in [6.07, 6.45) is 0.897. The summed E-state index contributed by atoms with van der Waals surface area (Å²) in [5.74, 6) is -0.0129. The topological polar surface area (TPSA) is 29.5 Å². The van der Waals surface area contributed by atoms with E-state index in [2.05, 4.69) is 17.0 Å². The van der Waals surface area contributed by atoms with Crippen molar-refractivity contribution in [3.05, 3.63) is 30.3 Å². The van der Waals surface area contributed by atoms with Crippen molar-refractivity contribution in [2.24, 2.45) is 5.92 Å². The van der Waals surface area contributed by atoms with Crippen molar-refractivity contribution in [3.8, 4) is 0 Å². The number of para-hydroxylation sites is 1. The minimum absolute atomic E-state index is 0.0418. The molecular weight excluding hydrogens is 202 g/mol. The molecule has 1 aromatic carbocycles. The molecule has 1 aromatic rings. The van der Waals surface area contributed by atoms with Gasteiger partial charge in [0.25, 0.3) is 0 Å². The van der Waals surface area contributed by atoms with Crippen LogP contribution in [0, 0.1) is 5.92 Å². The molecule has 2 rings (SSSR count). The third-order valence-electron chi connectivity index (χ3n) is 2.93. The summed E-state index contributed by atoms with van der Waals surface area (Å²) in [4.78, 5) is 13.8. The molecule has 0 spiro atoms. The number of ether oxygens (including phenoxy) is 1. The minimum atomic E-state index is -0.0547. The first-order chi connectivity index (χ1) is 7.81. The number of benzene rings is 1. The van der Waals surface area contributed by atoms with Crippen LogP contribution in [0.5, 0.6) is 0 Å². The van der Waals surface area contributed by atoms with E-state index in [1.807, 2.05) is 25.1 Å². The molecule has 0 N–H and O–H groups in total. The first kappa shape index (κ1) is 11.0. The highest BCUT2D eigenvalue weighted by Gasteiger charge is 2.29. The quantitative estimate of drug-likeness (QED) is 0.729. The van der Waals surface area contributed by atoms with Crippen LogP contribution in [-0.2, 0) is 9.53 Å². The van der Waals surface area contributed by atoms with Crippen LogP contribution in [0.15, 0.2) is 30.3 Å². The highest BCUT2D eigenvalue weighted by Crippen LogP contribution is 2.24. The van der Waals surface area contributed by atoms with Crippen LogP contribution in [0.25, 0.3) is 0 Å². The molecule has 1 aliphatic heterocycles. The highest BCUT2D eigenvalue weighted by molar-refractivity contribution is 5.74. The fourth-order valence-electron chi connectivity index (χ4n) is 2.09. The first-order valence-electron chi connectivity index (χ1n) is 5.78. The Hall–Kier alpha value is -1.51. The lowest BCUT2D eigenvalue weighted by atomic mass is 10.1. The van der Waals surface area contributed by atoms with Crippen molar-refractivity contribution in [1.82, 2.24) is 0 Å². The summed E-state index contributed by atoms with van der Waals surface area (Å²) in [5.41, 5.74) is 1.19. The van der Waals surface area contributed by atoms with Crippen LogP contribution >= 0.6 is 0 Å². The predicted octanol–water partition coefficient (Wildman–Crippen LogP) is 2.08. The fourth-order valence-corrected chi connectivity index (χ4v) is 2.09. The van der Waals surface area contributed by atoms with E-state index in [4.69, 9.17) is 4.74 Å². The Labute approximate surface area is 96.0 Å². The van der Waals surface area contributed by atoms with E-state index in [9.17, 15) is 4.79 Å². The molecule has 0 radical (unpaired) electrons. The number of hydrogen-bond acceptors (Lipinski definition) is 3. The van der Waals surface area contributed by atoms with E-state index >= 15 is 0 Å². The first-order valence-corrected chi connectivity index (χ1v) is 5.78. The van der Waals surface area contributed by atoms with Crippen LogP contribution in [0.1, 0.15) is 13.3 Å². The van der Waals surface area contributed by atoms with Gasteiger partial charge < -0.3 is 9.64 Å². The molecule has 1 saturated heterocycles. The molecular formula is C13H17NO2. The minimum Gasteiger partial charge on any atom is -0.466 e. The van der Waals surface area contributed by atoms with Gasteiger partial charge in [0.05, 0.1) is 12.5 Å². The van der Waals surface area contributed by atoms with Gasteiger partial charge in [-0.1, -0.05) is 18.2 Å². The van der Waals surface area contributed by atoms with Crippen molar-refractivity contribution in [2.75, 3.05) is 24.6 Å². The van der Waals surface area contributed by atoms with E-state index < -0.39 is 0 Å². The fraction of sp³-hybridized carbons (Fsp3) is 0.462. The molecule has 0 bridgehead atoms. The van der Waals surface area contributed by atoms with Gasteiger partial charge in [-0.3, -0.25) is 4.79 Å². The molecule has 1 unspecified atom stereocenters. The molecule has 0 aliphatic carbocycles. The normalized spacial score (nSPS) is 19.8. The molecule has 0 saturated carbocycles. The van der Waals surface area contributed by atoms with Gasteiger partial charge in [-0.2, -0.15) is 0 Å². The van der Waals surface area contributed by atoms with Gasteiger partial charge in [0.1, 0.15) is 0 Å². The molecule has 0 amide bonds. The molecule has 3 heteroatoms. The lowest BCUT2D eigenvalue weighted by Crippen LogP contribution is -2.24. The zero-order valence-corrected chi connectivity index (χ0v) is 9.56. The van der Waals surface area contributed by atoms with Crippen molar-refractivity contribution < 1.29 is 9.53 Å². The Morgan fingerprint density at radius 3 is 2.88 bits per heavy atom. The third kappa shape index (κ3) is 2.35. The molecule has 1 heterocycles. The summed E-state index contributed by atoms with van der Waals surface area (Å²) in [5, 5.41) is 0. The summed E-state index contributed by atoms with van der Waals surface area (Å²) in [6, 6.07) is 10.2. The predicted molar refractivity (Wildman–Crippen MR) is 63.4 cm³/mol. The van der Waals surface area contributed by atoms with E-state index in [-0.39, 0.29) is 11.9 Å². The molecule has 1 fully saturated rings. The van der Waals surface area contributed by atoms with E-state index in [0.717, 1.165) is 19.5 Å². The van der Waals surface area contributed by atoms with Gasteiger partial charge in [-0.05, 0) is 25.5 Å². The molecule has 86 valence electrons. The van der Waals surface area contributed by atoms with Crippen LogP contribution in [0.3, 0.4) is 0 Å². The second-order valence-corrected chi connectivity index (χ2v) is 4.02. The Morgan fingerprint density at radius 2 is 2.19 bits per heavy atom. The largest absolute Gasteiger partial charge is 0.466 e. The monoisotopic (exact) mass is 219 g/mol. The van der Waals surface area contributed by atoms with Gasteiger partial charge in [-0.25, -0.2) is 0 Å². The third-order valence-corrected chi connectivity index (χ3v) is 2.93. The van der Waals surface area contributed by atoms with Gasteiger partial charge in [0.2, 0.25) is 0 Å². The second-order valence-electron chi connectivity index (χ2n) is 4.02. The lowest BCUT2D eigenvalue weighted by molar-refractivity contribution is -0.147. The zero-order chi connectivity index (χ0) is 11.4. The zero-order valence-electron chi connectivity index (χ0n) is 9.56. The van der Waals surface area contributed by atoms with Gasteiger partial charge in [-0.15, -0.1) is 0 Å². The standard InChI is InChI=1S/C13H17NO2/c1-2-16-13(15)11-8-9-14(10-11)12-6-4-3-5-7-12/h3-7,11H,2,8-10H2,1H3. The van der Waals surface area contributed by atoms with E-state index in [1.165, 1.54) is 5.69 Å². The van der Waals surface area contributed by atoms with Gasteiger partial charge in [0.15, 0.2) is 0 Å². The maximum atomic E-state index is 11.6. The van der Waals surface area contributed by atoms with Crippen LogP contribution in [-0.4, -0.2) is 25.7 Å². The summed E-state index contributed by atoms with van der Waals surface area (Å²) in [7, 11) is 0. The number of rotatable bonds is 3. The Kier molecular flexibility index (Phi) is 3.44. The molecule has 1 atom stereocenters. The summed E-state index contributed by atoms with van der Waals surface area (Å²) < 4.78 is 5.04. The molecule has 16 heavy (non-hydrogen) atoms. The SMILES string of the molecule is CCOC(=O)C1CCN(c2ccccc2)C1. The average molecular weight is 219 g/mol. The highest BCUT2D eigenvalue weighted by atomic mass is 16.5.